The highest BCUT2D eigenvalue weighted by molar-refractivity contribution is 6.00. The van der Waals surface area contributed by atoms with Crippen molar-refractivity contribution in [2.75, 3.05) is 0 Å². The average molecular weight is 193 g/mol. The predicted molar refractivity (Wildman–Crippen MR) is 50.6 cm³/mol. The van der Waals surface area contributed by atoms with Crippen LogP contribution in [-0.4, -0.2) is 23.0 Å². The number of amides is 1. The SMILES string of the molecule is CC(=O)N[C@@H](O)C(=O)c1ccccc1. The first-order valence-corrected chi connectivity index (χ1v) is 4.15. The van der Waals surface area contributed by atoms with E-state index in [1.807, 2.05) is 0 Å². The lowest BCUT2D eigenvalue weighted by Crippen LogP contribution is -2.39. The Labute approximate surface area is 81.6 Å². The lowest BCUT2D eigenvalue weighted by atomic mass is 10.1. The lowest BCUT2D eigenvalue weighted by Gasteiger charge is -2.09. The Morgan fingerprint density at radius 2 is 1.86 bits per heavy atom. The van der Waals surface area contributed by atoms with Crippen molar-refractivity contribution in [3.8, 4) is 0 Å². The summed E-state index contributed by atoms with van der Waals surface area (Å²) in [6, 6.07) is 8.30. The Hall–Kier alpha value is -1.68. The molecular formula is C10H11NO3. The van der Waals surface area contributed by atoms with Gasteiger partial charge >= 0.3 is 0 Å². The minimum atomic E-state index is -1.46. The molecule has 1 aromatic carbocycles. The molecule has 0 unspecified atom stereocenters. The summed E-state index contributed by atoms with van der Waals surface area (Å²) in [6.45, 7) is 1.24. The molecule has 0 heterocycles. The monoisotopic (exact) mass is 193 g/mol. The average Bonchev–Trinajstić information content (AvgIpc) is 2.17. The van der Waals surface area contributed by atoms with Gasteiger partial charge in [0.1, 0.15) is 0 Å². The third kappa shape index (κ3) is 2.67. The van der Waals surface area contributed by atoms with Crippen molar-refractivity contribution in [2.24, 2.45) is 0 Å². The van der Waals surface area contributed by atoms with Crippen molar-refractivity contribution >= 4 is 11.7 Å². The van der Waals surface area contributed by atoms with Gasteiger partial charge in [0.05, 0.1) is 0 Å². The van der Waals surface area contributed by atoms with Crippen molar-refractivity contribution in [2.45, 2.75) is 13.2 Å². The smallest absolute Gasteiger partial charge is 0.219 e. The first-order valence-electron chi connectivity index (χ1n) is 4.15. The van der Waals surface area contributed by atoms with Crippen LogP contribution < -0.4 is 5.32 Å². The van der Waals surface area contributed by atoms with E-state index in [9.17, 15) is 14.7 Å². The van der Waals surface area contributed by atoms with E-state index >= 15 is 0 Å². The zero-order valence-corrected chi connectivity index (χ0v) is 7.73. The number of aliphatic hydroxyl groups is 1. The van der Waals surface area contributed by atoms with Crippen molar-refractivity contribution in [3.05, 3.63) is 35.9 Å². The quantitative estimate of drug-likeness (QED) is 0.536. The summed E-state index contributed by atoms with van der Waals surface area (Å²) in [6.07, 6.45) is -1.46. The number of carbonyl (C=O) groups is 2. The van der Waals surface area contributed by atoms with Gasteiger partial charge in [-0.3, -0.25) is 9.59 Å². The van der Waals surface area contributed by atoms with Gasteiger partial charge in [0.2, 0.25) is 11.7 Å². The van der Waals surface area contributed by atoms with E-state index in [0.717, 1.165) is 0 Å². The maximum absolute atomic E-state index is 11.4. The zero-order valence-electron chi connectivity index (χ0n) is 7.73. The molecule has 14 heavy (non-hydrogen) atoms. The molecule has 1 aromatic rings. The Balaban J connectivity index is 2.71. The maximum Gasteiger partial charge on any atom is 0.219 e. The molecule has 0 spiro atoms. The molecule has 74 valence electrons. The van der Waals surface area contributed by atoms with Crippen LogP contribution in [0.2, 0.25) is 0 Å². The molecule has 1 rings (SSSR count). The number of benzene rings is 1. The normalized spacial score (nSPS) is 11.9. The van der Waals surface area contributed by atoms with E-state index in [2.05, 4.69) is 5.32 Å². The van der Waals surface area contributed by atoms with Crippen LogP contribution in [0.5, 0.6) is 0 Å². The number of nitrogens with one attached hydrogen (secondary N) is 1. The molecule has 0 fully saturated rings. The van der Waals surface area contributed by atoms with Crippen molar-refractivity contribution < 1.29 is 14.7 Å². The minimum absolute atomic E-state index is 0.369. The predicted octanol–water partition coefficient (Wildman–Crippen LogP) is 0.324. The number of aliphatic hydroxyl groups excluding tert-OH is 1. The Morgan fingerprint density at radius 3 is 2.36 bits per heavy atom. The Kier molecular flexibility index (Phi) is 3.36. The van der Waals surface area contributed by atoms with Crippen LogP contribution in [0, 0.1) is 0 Å². The van der Waals surface area contributed by atoms with Gasteiger partial charge in [-0.15, -0.1) is 0 Å². The number of Topliss-reactive ketones (excluding diaryl/α,β-unsaturated/α-hetero) is 1. The van der Waals surface area contributed by atoms with E-state index in [1.165, 1.54) is 6.92 Å². The second-order valence-corrected chi connectivity index (χ2v) is 2.83. The first-order chi connectivity index (χ1) is 6.61. The van der Waals surface area contributed by atoms with E-state index in [0.29, 0.717) is 5.56 Å². The molecular weight excluding hydrogens is 182 g/mol. The first kappa shape index (κ1) is 10.4. The van der Waals surface area contributed by atoms with Crippen LogP contribution in [0.1, 0.15) is 17.3 Å². The third-order valence-electron chi connectivity index (χ3n) is 1.65. The number of ketones is 1. The second kappa shape index (κ2) is 4.53. The van der Waals surface area contributed by atoms with Crippen LogP contribution >= 0.6 is 0 Å². The van der Waals surface area contributed by atoms with Gasteiger partial charge in [-0.25, -0.2) is 0 Å². The maximum atomic E-state index is 11.4. The van der Waals surface area contributed by atoms with Gasteiger partial charge in [-0.1, -0.05) is 30.3 Å². The van der Waals surface area contributed by atoms with Gasteiger partial charge in [0, 0.05) is 12.5 Å². The highest BCUT2D eigenvalue weighted by atomic mass is 16.3. The van der Waals surface area contributed by atoms with Crippen LogP contribution in [0.15, 0.2) is 30.3 Å². The molecule has 0 aliphatic rings. The fraction of sp³-hybridized carbons (Fsp3) is 0.200. The van der Waals surface area contributed by atoms with E-state index in [1.54, 1.807) is 30.3 Å². The van der Waals surface area contributed by atoms with Crippen LogP contribution in [0.3, 0.4) is 0 Å². The van der Waals surface area contributed by atoms with Crippen LogP contribution in [0.25, 0.3) is 0 Å². The lowest BCUT2D eigenvalue weighted by molar-refractivity contribution is -0.121. The summed E-state index contributed by atoms with van der Waals surface area (Å²) >= 11 is 0. The number of hydrogen-bond donors (Lipinski definition) is 2. The summed E-state index contributed by atoms with van der Waals surface area (Å²) in [7, 11) is 0. The third-order valence-corrected chi connectivity index (χ3v) is 1.65. The van der Waals surface area contributed by atoms with E-state index in [4.69, 9.17) is 0 Å². The molecule has 4 heteroatoms. The molecule has 1 atom stereocenters. The Morgan fingerprint density at radius 1 is 1.29 bits per heavy atom. The fourth-order valence-corrected chi connectivity index (χ4v) is 1.02. The summed E-state index contributed by atoms with van der Waals surface area (Å²) in [5.41, 5.74) is 0.369. The van der Waals surface area contributed by atoms with Crippen LogP contribution in [0.4, 0.5) is 0 Å². The molecule has 0 aliphatic heterocycles. The molecule has 0 aromatic heterocycles. The molecule has 0 bridgehead atoms. The summed E-state index contributed by atoms with van der Waals surface area (Å²) in [4.78, 5) is 22.0. The van der Waals surface area contributed by atoms with Gasteiger partial charge in [0.25, 0.3) is 0 Å². The molecule has 4 nitrogen and oxygen atoms in total. The van der Waals surface area contributed by atoms with E-state index < -0.39 is 17.9 Å². The number of rotatable bonds is 3. The molecule has 0 aliphatic carbocycles. The van der Waals surface area contributed by atoms with Gasteiger partial charge in [-0.2, -0.15) is 0 Å². The summed E-state index contributed by atoms with van der Waals surface area (Å²) < 4.78 is 0. The molecule has 2 N–H and O–H groups in total. The molecule has 1 amide bonds. The Bertz CT molecular complexity index is 334. The second-order valence-electron chi connectivity index (χ2n) is 2.83. The highest BCUT2D eigenvalue weighted by Crippen LogP contribution is 2.01. The van der Waals surface area contributed by atoms with Crippen molar-refractivity contribution in [1.29, 1.82) is 0 Å². The molecule has 0 saturated carbocycles. The van der Waals surface area contributed by atoms with Crippen LogP contribution in [-0.2, 0) is 4.79 Å². The standard InChI is InChI=1S/C10H11NO3/c1-7(12)11-10(14)9(13)8-5-3-2-4-6-8/h2-6,10,14H,1H3,(H,11,12)/t10-/m0/s1. The zero-order chi connectivity index (χ0) is 10.6. The largest absolute Gasteiger partial charge is 0.367 e. The summed E-state index contributed by atoms with van der Waals surface area (Å²) in [5, 5.41) is 11.4. The van der Waals surface area contributed by atoms with Gasteiger partial charge in [-0.05, 0) is 0 Å². The van der Waals surface area contributed by atoms with Gasteiger partial charge < -0.3 is 10.4 Å². The number of hydrogen-bond acceptors (Lipinski definition) is 3. The van der Waals surface area contributed by atoms with Crippen molar-refractivity contribution in [3.63, 3.8) is 0 Å². The van der Waals surface area contributed by atoms with Crippen molar-refractivity contribution in [1.82, 2.24) is 5.32 Å². The highest BCUT2D eigenvalue weighted by Gasteiger charge is 2.16. The van der Waals surface area contributed by atoms with Gasteiger partial charge in [0.15, 0.2) is 6.23 Å². The summed E-state index contributed by atoms with van der Waals surface area (Å²) in [5.74, 6) is -0.956. The molecule has 0 saturated heterocycles. The topological polar surface area (TPSA) is 66.4 Å². The van der Waals surface area contributed by atoms with E-state index in [-0.39, 0.29) is 0 Å². The minimum Gasteiger partial charge on any atom is -0.367 e. The fourth-order valence-electron chi connectivity index (χ4n) is 1.02. The number of carbonyl (C=O) groups excluding carboxylic acids is 2. The molecule has 0 radical (unpaired) electrons.